The van der Waals surface area contributed by atoms with Crippen molar-refractivity contribution in [2.45, 2.75) is 45.3 Å². The zero-order valence-corrected chi connectivity index (χ0v) is 15.5. The third-order valence-corrected chi connectivity index (χ3v) is 4.92. The van der Waals surface area contributed by atoms with Crippen molar-refractivity contribution in [3.8, 4) is 0 Å². The average molecular weight is 357 g/mol. The first kappa shape index (κ1) is 17.6. The molecule has 1 aromatic carbocycles. The lowest BCUT2D eigenvalue weighted by Gasteiger charge is -2.16. The van der Waals surface area contributed by atoms with Gasteiger partial charge in [-0.05, 0) is 51.3 Å². The molecule has 6 heteroatoms. The molecule has 0 aliphatic carbocycles. The van der Waals surface area contributed by atoms with Crippen LogP contribution in [0.2, 0.25) is 0 Å². The van der Waals surface area contributed by atoms with Crippen molar-refractivity contribution in [2.24, 2.45) is 0 Å². The highest BCUT2D eigenvalue weighted by Crippen LogP contribution is 2.18. The van der Waals surface area contributed by atoms with E-state index in [9.17, 15) is 9.90 Å². The minimum atomic E-state index is -0.677. The minimum absolute atomic E-state index is 0.113. The Hall–Kier alpha value is -2.18. The van der Waals surface area contributed by atoms with Gasteiger partial charge in [0.15, 0.2) is 4.96 Å². The molecule has 1 atom stereocenters. The molecule has 3 aromatic rings. The van der Waals surface area contributed by atoms with Gasteiger partial charge in [0, 0.05) is 23.3 Å². The van der Waals surface area contributed by atoms with Crippen LogP contribution in [0, 0.1) is 0 Å². The molecule has 0 aliphatic rings. The van der Waals surface area contributed by atoms with Gasteiger partial charge in [-0.3, -0.25) is 9.20 Å². The predicted octanol–water partition coefficient (Wildman–Crippen LogP) is 3.59. The van der Waals surface area contributed by atoms with Crippen LogP contribution in [0.15, 0.2) is 42.0 Å². The summed E-state index contributed by atoms with van der Waals surface area (Å²) in [6.07, 6.45) is 5.37. The Morgan fingerprint density at radius 2 is 2.08 bits per heavy atom. The summed E-state index contributed by atoms with van der Waals surface area (Å²) in [6, 6.07) is 7.38. The number of rotatable bonds is 6. The van der Waals surface area contributed by atoms with Gasteiger partial charge in [0.1, 0.15) is 0 Å². The third kappa shape index (κ3) is 4.46. The largest absolute Gasteiger partial charge is 0.390 e. The van der Waals surface area contributed by atoms with Crippen molar-refractivity contribution >= 4 is 22.2 Å². The van der Waals surface area contributed by atoms with E-state index in [2.05, 4.69) is 10.3 Å². The summed E-state index contributed by atoms with van der Waals surface area (Å²) in [6.45, 7) is 5.54. The van der Waals surface area contributed by atoms with E-state index in [1.807, 2.05) is 53.4 Å². The lowest BCUT2D eigenvalue weighted by Crippen LogP contribution is -2.26. The van der Waals surface area contributed by atoms with Crippen LogP contribution in [0.25, 0.3) is 4.96 Å². The third-order valence-electron chi connectivity index (χ3n) is 4.14. The van der Waals surface area contributed by atoms with Crippen molar-refractivity contribution in [3.63, 3.8) is 0 Å². The van der Waals surface area contributed by atoms with Gasteiger partial charge in [-0.2, -0.15) is 0 Å². The molecule has 5 nitrogen and oxygen atoms in total. The molecule has 132 valence electrons. The number of hydrogen-bond acceptors (Lipinski definition) is 4. The van der Waals surface area contributed by atoms with E-state index in [4.69, 9.17) is 0 Å². The van der Waals surface area contributed by atoms with Crippen LogP contribution < -0.4 is 5.32 Å². The summed E-state index contributed by atoms with van der Waals surface area (Å²) in [4.78, 5) is 17.9. The zero-order chi connectivity index (χ0) is 18.0. The van der Waals surface area contributed by atoms with Crippen molar-refractivity contribution in [1.29, 1.82) is 0 Å². The number of aliphatic hydroxyl groups is 1. The smallest absolute Gasteiger partial charge is 0.251 e. The Morgan fingerprint density at radius 1 is 1.36 bits per heavy atom. The number of carbonyl (C=O) groups excluding carboxylic acids is 1. The van der Waals surface area contributed by atoms with E-state index in [0.717, 1.165) is 22.6 Å². The van der Waals surface area contributed by atoms with Gasteiger partial charge in [-0.1, -0.05) is 12.1 Å². The number of benzene rings is 1. The fourth-order valence-electron chi connectivity index (χ4n) is 2.58. The molecular weight excluding hydrogens is 334 g/mol. The number of imidazole rings is 1. The molecule has 2 N–H and O–H groups in total. The number of aryl methyl sites for hydroxylation is 1. The Balaban J connectivity index is 1.61. The molecule has 0 fully saturated rings. The van der Waals surface area contributed by atoms with Crippen molar-refractivity contribution in [3.05, 3.63) is 58.9 Å². The first-order valence-corrected chi connectivity index (χ1v) is 9.24. The monoisotopic (exact) mass is 357 g/mol. The van der Waals surface area contributed by atoms with Crippen LogP contribution in [-0.2, 0) is 6.42 Å². The zero-order valence-electron chi connectivity index (χ0n) is 14.7. The van der Waals surface area contributed by atoms with Gasteiger partial charge in [-0.15, -0.1) is 11.3 Å². The number of amides is 1. The Morgan fingerprint density at radius 3 is 2.72 bits per heavy atom. The number of nitrogens with zero attached hydrogens (tertiary/aromatic N) is 2. The van der Waals surface area contributed by atoms with Crippen molar-refractivity contribution in [2.75, 3.05) is 0 Å². The highest BCUT2D eigenvalue weighted by molar-refractivity contribution is 7.15. The molecule has 0 unspecified atom stereocenters. The van der Waals surface area contributed by atoms with E-state index >= 15 is 0 Å². The number of hydrogen-bond donors (Lipinski definition) is 2. The van der Waals surface area contributed by atoms with Gasteiger partial charge < -0.3 is 10.4 Å². The number of aromatic nitrogens is 2. The topological polar surface area (TPSA) is 66.6 Å². The van der Waals surface area contributed by atoms with Crippen LogP contribution in [0.1, 0.15) is 54.8 Å². The Kier molecular flexibility index (Phi) is 4.92. The molecule has 25 heavy (non-hydrogen) atoms. The first-order chi connectivity index (χ1) is 11.8. The maximum atomic E-state index is 12.4. The average Bonchev–Trinajstić information content (AvgIpc) is 3.14. The van der Waals surface area contributed by atoms with Crippen LogP contribution in [0.5, 0.6) is 0 Å². The lowest BCUT2D eigenvalue weighted by molar-refractivity contribution is 0.0713. The second-order valence-corrected chi connectivity index (χ2v) is 7.84. The van der Waals surface area contributed by atoms with E-state index in [0.29, 0.717) is 12.0 Å². The molecule has 0 saturated carbocycles. The molecule has 0 aliphatic heterocycles. The molecular formula is C19H23N3O2S. The highest BCUT2D eigenvalue weighted by atomic mass is 32.1. The fraction of sp³-hybridized carbons (Fsp3) is 0.368. The SMILES string of the molecule is C[C@@H](NC(=O)c1ccc(CCC(C)(C)O)cc1)c1cn2ccsc2n1. The van der Waals surface area contributed by atoms with E-state index in [-0.39, 0.29) is 11.9 Å². The molecule has 0 radical (unpaired) electrons. The molecule has 0 saturated heterocycles. The maximum absolute atomic E-state index is 12.4. The molecule has 2 aromatic heterocycles. The molecule has 0 spiro atoms. The quantitative estimate of drug-likeness (QED) is 0.708. The standard InChI is InChI=1S/C19H23N3O2S/c1-13(16-12-22-10-11-25-18(22)21-16)20-17(23)15-6-4-14(5-7-15)8-9-19(2,3)24/h4-7,10-13,24H,8-9H2,1-3H3,(H,20,23)/t13-/m1/s1. The minimum Gasteiger partial charge on any atom is -0.390 e. The van der Waals surface area contributed by atoms with Gasteiger partial charge >= 0.3 is 0 Å². The fourth-order valence-corrected chi connectivity index (χ4v) is 3.29. The first-order valence-electron chi connectivity index (χ1n) is 8.36. The van der Waals surface area contributed by atoms with E-state index in [1.54, 1.807) is 25.2 Å². The summed E-state index contributed by atoms with van der Waals surface area (Å²) in [7, 11) is 0. The molecule has 0 bridgehead atoms. The number of carbonyl (C=O) groups is 1. The van der Waals surface area contributed by atoms with Gasteiger partial charge in [-0.25, -0.2) is 4.98 Å². The Bertz CT molecular complexity index is 830. The highest BCUT2D eigenvalue weighted by Gasteiger charge is 2.15. The number of nitrogens with one attached hydrogen (secondary N) is 1. The predicted molar refractivity (Wildman–Crippen MR) is 100 cm³/mol. The van der Waals surface area contributed by atoms with Crippen molar-refractivity contribution < 1.29 is 9.90 Å². The van der Waals surface area contributed by atoms with E-state index < -0.39 is 5.60 Å². The number of thiazole rings is 1. The van der Waals surface area contributed by atoms with Crippen molar-refractivity contribution in [1.82, 2.24) is 14.7 Å². The lowest BCUT2D eigenvalue weighted by atomic mass is 9.98. The maximum Gasteiger partial charge on any atom is 0.251 e. The van der Waals surface area contributed by atoms with Gasteiger partial charge in [0.05, 0.1) is 17.3 Å². The summed E-state index contributed by atoms with van der Waals surface area (Å²) in [5.74, 6) is -0.113. The van der Waals surface area contributed by atoms with E-state index in [1.165, 1.54) is 0 Å². The summed E-state index contributed by atoms with van der Waals surface area (Å²) in [5, 5.41) is 14.8. The van der Waals surface area contributed by atoms with Gasteiger partial charge in [0.2, 0.25) is 0 Å². The van der Waals surface area contributed by atoms with Crippen LogP contribution in [-0.4, -0.2) is 26.0 Å². The molecule has 3 rings (SSSR count). The van der Waals surface area contributed by atoms with Crippen LogP contribution in [0.4, 0.5) is 0 Å². The summed E-state index contributed by atoms with van der Waals surface area (Å²) >= 11 is 1.57. The second kappa shape index (κ2) is 6.98. The summed E-state index contributed by atoms with van der Waals surface area (Å²) < 4.78 is 1.96. The summed E-state index contributed by atoms with van der Waals surface area (Å²) in [5.41, 5.74) is 1.91. The van der Waals surface area contributed by atoms with Gasteiger partial charge in [0.25, 0.3) is 5.91 Å². The van der Waals surface area contributed by atoms with Crippen LogP contribution >= 0.6 is 11.3 Å². The van der Waals surface area contributed by atoms with Crippen LogP contribution in [0.3, 0.4) is 0 Å². The Labute approximate surface area is 151 Å². The molecule has 2 heterocycles. The second-order valence-electron chi connectivity index (χ2n) is 6.96. The normalized spacial score (nSPS) is 13.1. The number of fused-ring (bicyclic) bond motifs is 1. The molecule has 1 amide bonds.